The SMILES string of the molecule is CCCC12CCC(C(C#N)C[C@H]3CC[C@H](CCC)CC3)(CC1)CC2. The van der Waals surface area contributed by atoms with Crippen molar-refractivity contribution in [3.63, 3.8) is 0 Å². The lowest BCUT2D eigenvalue weighted by Crippen LogP contribution is -2.45. The van der Waals surface area contributed by atoms with Crippen molar-refractivity contribution in [2.45, 2.75) is 110 Å². The number of fused-ring (bicyclic) bond motifs is 3. The van der Waals surface area contributed by atoms with Crippen LogP contribution in [0.15, 0.2) is 0 Å². The van der Waals surface area contributed by atoms with Crippen molar-refractivity contribution in [2.24, 2.45) is 28.6 Å². The van der Waals surface area contributed by atoms with Crippen LogP contribution in [0, 0.1) is 39.9 Å². The third-order valence-electron chi connectivity index (χ3n) is 8.37. The number of rotatable bonds is 7. The molecule has 4 aliphatic carbocycles. The fraction of sp³-hybridized carbons (Fsp3) is 0.957. The minimum atomic E-state index is 0.352. The third-order valence-corrected chi connectivity index (χ3v) is 8.37. The molecule has 1 unspecified atom stereocenters. The van der Waals surface area contributed by atoms with Gasteiger partial charge in [0, 0.05) is 0 Å². The smallest absolute Gasteiger partial charge is 0.0661 e. The van der Waals surface area contributed by atoms with E-state index in [1.165, 1.54) is 96.3 Å². The second kappa shape index (κ2) is 7.80. The van der Waals surface area contributed by atoms with Gasteiger partial charge in [-0.25, -0.2) is 0 Å². The van der Waals surface area contributed by atoms with Crippen LogP contribution in [0.25, 0.3) is 0 Å². The summed E-state index contributed by atoms with van der Waals surface area (Å²) >= 11 is 0. The standard InChI is InChI=1S/C23H39N/c1-3-5-19-6-8-20(9-7-19)17-21(18-24)23-14-11-22(10-4-2,12-15-23)13-16-23/h19-21H,3-17H2,1-2H3/t19-,20-,21?,22?,23?. The Balaban J connectivity index is 1.55. The highest BCUT2D eigenvalue weighted by Gasteiger charge is 2.51. The molecule has 4 fully saturated rings. The van der Waals surface area contributed by atoms with E-state index in [0.29, 0.717) is 16.7 Å². The highest BCUT2D eigenvalue weighted by Crippen LogP contribution is 2.62. The van der Waals surface area contributed by atoms with E-state index in [9.17, 15) is 5.26 Å². The Labute approximate surface area is 150 Å². The molecule has 2 bridgehead atoms. The molecule has 0 spiro atoms. The van der Waals surface area contributed by atoms with E-state index in [0.717, 1.165) is 11.8 Å². The minimum absolute atomic E-state index is 0.352. The van der Waals surface area contributed by atoms with Gasteiger partial charge in [0.2, 0.25) is 0 Å². The second-order valence-electron chi connectivity index (χ2n) is 9.71. The molecule has 24 heavy (non-hydrogen) atoms. The van der Waals surface area contributed by atoms with Crippen LogP contribution in [0.5, 0.6) is 0 Å². The van der Waals surface area contributed by atoms with Crippen LogP contribution >= 0.6 is 0 Å². The molecule has 0 saturated heterocycles. The van der Waals surface area contributed by atoms with Gasteiger partial charge >= 0.3 is 0 Å². The van der Waals surface area contributed by atoms with Crippen LogP contribution in [0.3, 0.4) is 0 Å². The molecule has 1 atom stereocenters. The molecule has 0 N–H and O–H groups in total. The molecule has 0 aromatic rings. The Morgan fingerprint density at radius 2 is 1.46 bits per heavy atom. The van der Waals surface area contributed by atoms with Gasteiger partial charge in [0.1, 0.15) is 0 Å². The van der Waals surface area contributed by atoms with E-state index >= 15 is 0 Å². The molecule has 4 saturated carbocycles. The van der Waals surface area contributed by atoms with Crippen LogP contribution in [0.1, 0.15) is 110 Å². The summed E-state index contributed by atoms with van der Waals surface area (Å²) in [6.45, 7) is 4.67. The summed E-state index contributed by atoms with van der Waals surface area (Å²) in [5, 5.41) is 9.98. The van der Waals surface area contributed by atoms with E-state index in [4.69, 9.17) is 0 Å². The zero-order valence-corrected chi connectivity index (χ0v) is 16.3. The Bertz CT molecular complexity index is 413. The zero-order chi connectivity index (χ0) is 17.0. The van der Waals surface area contributed by atoms with Crippen molar-refractivity contribution in [2.75, 3.05) is 0 Å². The number of hydrogen-bond donors (Lipinski definition) is 0. The third kappa shape index (κ3) is 3.68. The van der Waals surface area contributed by atoms with Crippen molar-refractivity contribution in [1.29, 1.82) is 5.26 Å². The van der Waals surface area contributed by atoms with Gasteiger partial charge in [-0.05, 0) is 74.0 Å². The lowest BCUT2D eigenvalue weighted by Gasteiger charge is -2.56. The van der Waals surface area contributed by atoms with E-state index in [-0.39, 0.29) is 0 Å². The molecule has 0 heterocycles. The van der Waals surface area contributed by atoms with Crippen molar-refractivity contribution >= 4 is 0 Å². The van der Waals surface area contributed by atoms with Gasteiger partial charge < -0.3 is 0 Å². The Morgan fingerprint density at radius 3 is 1.96 bits per heavy atom. The normalized spacial score (nSPS) is 40.2. The molecule has 4 rings (SSSR count). The molecule has 0 aliphatic heterocycles. The molecule has 0 aromatic carbocycles. The van der Waals surface area contributed by atoms with E-state index in [1.807, 2.05) is 0 Å². The Hall–Kier alpha value is -0.510. The summed E-state index contributed by atoms with van der Waals surface area (Å²) in [5.41, 5.74) is 1.08. The quantitative estimate of drug-likeness (QED) is 0.482. The van der Waals surface area contributed by atoms with Gasteiger partial charge in [-0.3, -0.25) is 0 Å². The lowest BCUT2D eigenvalue weighted by atomic mass is 9.48. The molecular weight excluding hydrogens is 290 g/mol. The molecule has 0 aromatic heterocycles. The van der Waals surface area contributed by atoms with Crippen molar-refractivity contribution < 1.29 is 0 Å². The molecular formula is C23H39N. The fourth-order valence-electron chi connectivity index (χ4n) is 6.66. The lowest BCUT2D eigenvalue weighted by molar-refractivity contribution is -0.0444. The first-order chi connectivity index (χ1) is 11.7. The predicted molar refractivity (Wildman–Crippen MR) is 102 cm³/mol. The van der Waals surface area contributed by atoms with Crippen LogP contribution in [-0.2, 0) is 0 Å². The van der Waals surface area contributed by atoms with E-state index in [1.54, 1.807) is 0 Å². The monoisotopic (exact) mass is 329 g/mol. The van der Waals surface area contributed by atoms with Crippen molar-refractivity contribution in [3.8, 4) is 6.07 Å². The summed E-state index contributed by atoms with van der Waals surface area (Å²) in [4.78, 5) is 0. The summed E-state index contributed by atoms with van der Waals surface area (Å²) in [7, 11) is 0. The van der Waals surface area contributed by atoms with Crippen molar-refractivity contribution in [1.82, 2.24) is 0 Å². The van der Waals surface area contributed by atoms with Crippen molar-refractivity contribution in [3.05, 3.63) is 0 Å². The van der Waals surface area contributed by atoms with Gasteiger partial charge in [0.25, 0.3) is 0 Å². The molecule has 0 amide bonds. The maximum atomic E-state index is 9.98. The zero-order valence-electron chi connectivity index (χ0n) is 16.3. The first kappa shape index (κ1) is 18.3. The largest absolute Gasteiger partial charge is 0.198 e. The molecule has 0 radical (unpaired) electrons. The number of nitriles is 1. The Morgan fingerprint density at radius 1 is 0.875 bits per heavy atom. The highest BCUT2D eigenvalue weighted by molar-refractivity contribution is 5.07. The average molecular weight is 330 g/mol. The summed E-state index contributed by atoms with van der Waals surface area (Å²) in [6, 6.07) is 2.82. The van der Waals surface area contributed by atoms with Gasteiger partial charge in [-0.1, -0.05) is 58.8 Å². The Kier molecular flexibility index (Phi) is 5.94. The van der Waals surface area contributed by atoms with Gasteiger partial charge in [-0.15, -0.1) is 0 Å². The average Bonchev–Trinajstić information content (AvgIpc) is 2.63. The first-order valence-corrected chi connectivity index (χ1v) is 11.0. The highest BCUT2D eigenvalue weighted by atomic mass is 14.6. The molecule has 136 valence electrons. The molecule has 1 heteroatoms. The van der Waals surface area contributed by atoms with Gasteiger partial charge in [0.05, 0.1) is 12.0 Å². The summed E-state index contributed by atoms with van der Waals surface area (Å²) < 4.78 is 0. The summed E-state index contributed by atoms with van der Waals surface area (Å²) in [6.07, 6.45) is 20.8. The van der Waals surface area contributed by atoms with Crippen LogP contribution in [0.2, 0.25) is 0 Å². The maximum Gasteiger partial charge on any atom is 0.0661 e. The number of hydrogen-bond acceptors (Lipinski definition) is 1. The maximum absolute atomic E-state index is 9.98. The van der Waals surface area contributed by atoms with E-state index < -0.39 is 0 Å². The predicted octanol–water partition coefficient (Wildman–Crippen LogP) is 7.26. The fourth-order valence-corrected chi connectivity index (χ4v) is 6.66. The molecule has 4 aliphatic rings. The first-order valence-electron chi connectivity index (χ1n) is 11.0. The molecule has 1 nitrogen and oxygen atoms in total. The summed E-state index contributed by atoms with van der Waals surface area (Å²) in [5.74, 6) is 2.19. The minimum Gasteiger partial charge on any atom is -0.198 e. The van der Waals surface area contributed by atoms with Crippen LogP contribution in [0.4, 0.5) is 0 Å². The second-order valence-corrected chi connectivity index (χ2v) is 9.71. The number of nitrogens with zero attached hydrogens (tertiary/aromatic N) is 1. The van der Waals surface area contributed by atoms with Gasteiger partial charge in [-0.2, -0.15) is 5.26 Å². The topological polar surface area (TPSA) is 23.8 Å². The van der Waals surface area contributed by atoms with Crippen LogP contribution in [-0.4, -0.2) is 0 Å². The van der Waals surface area contributed by atoms with Crippen LogP contribution < -0.4 is 0 Å². The van der Waals surface area contributed by atoms with Gasteiger partial charge in [0.15, 0.2) is 0 Å². The van der Waals surface area contributed by atoms with E-state index in [2.05, 4.69) is 19.9 Å².